The smallest absolute Gasteiger partial charge is 0.153 e. The molecule has 0 saturated heterocycles. The molecule has 1 N–H and O–H groups in total. The number of hydrogen-bond donors (Lipinski definition) is 1. The Morgan fingerprint density at radius 1 is 1.57 bits per heavy atom. The molecular formula is C11H14O3. The molecule has 0 aromatic heterocycles. The summed E-state index contributed by atoms with van der Waals surface area (Å²) in [6.07, 6.45) is 0.223. The van der Waals surface area contributed by atoms with E-state index < -0.39 is 6.10 Å². The number of ether oxygens (including phenoxy) is 1. The van der Waals surface area contributed by atoms with Crippen LogP contribution in [0.25, 0.3) is 0 Å². The first-order valence-electron chi connectivity index (χ1n) is 4.50. The summed E-state index contributed by atoms with van der Waals surface area (Å²) in [4.78, 5) is 10.7. The normalized spacial score (nSPS) is 12.2. The van der Waals surface area contributed by atoms with Crippen LogP contribution in [0.4, 0.5) is 0 Å². The molecule has 0 spiro atoms. The molecule has 0 saturated carbocycles. The van der Waals surface area contributed by atoms with Crippen molar-refractivity contribution in [3.05, 3.63) is 29.3 Å². The topological polar surface area (TPSA) is 46.5 Å². The number of carbonyl (C=O) groups excluding carboxylic acids is 1. The van der Waals surface area contributed by atoms with Gasteiger partial charge in [0.05, 0.1) is 11.7 Å². The van der Waals surface area contributed by atoms with Gasteiger partial charge < -0.3 is 9.84 Å². The minimum absolute atomic E-state index is 0.198. The van der Waals surface area contributed by atoms with Gasteiger partial charge in [0.2, 0.25) is 0 Å². The molecule has 0 amide bonds. The molecule has 1 atom stereocenters. The first-order valence-corrected chi connectivity index (χ1v) is 4.50. The van der Waals surface area contributed by atoms with E-state index in [0.29, 0.717) is 11.3 Å². The van der Waals surface area contributed by atoms with Gasteiger partial charge in [-0.2, -0.15) is 0 Å². The standard InChI is InChI=1S/C11H14O3/c1-8-3-4-11(10(5-8)6-12)14-7-9(2)13/h3-6,9,13H,7H2,1-2H3. The highest BCUT2D eigenvalue weighted by atomic mass is 16.5. The van der Waals surface area contributed by atoms with Crippen LogP contribution < -0.4 is 4.74 Å². The average Bonchev–Trinajstić information content (AvgIpc) is 2.15. The van der Waals surface area contributed by atoms with Gasteiger partial charge in [-0.1, -0.05) is 11.6 Å². The lowest BCUT2D eigenvalue weighted by Gasteiger charge is -2.10. The summed E-state index contributed by atoms with van der Waals surface area (Å²) in [5, 5.41) is 9.02. The van der Waals surface area contributed by atoms with E-state index in [-0.39, 0.29) is 6.61 Å². The number of aliphatic hydroxyl groups is 1. The lowest BCUT2D eigenvalue weighted by Crippen LogP contribution is -2.13. The number of aliphatic hydroxyl groups excluding tert-OH is 1. The van der Waals surface area contributed by atoms with E-state index in [4.69, 9.17) is 9.84 Å². The lowest BCUT2D eigenvalue weighted by atomic mass is 10.1. The van der Waals surface area contributed by atoms with E-state index >= 15 is 0 Å². The molecule has 0 radical (unpaired) electrons. The van der Waals surface area contributed by atoms with Crippen LogP contribution in [0.3, 0.4) is 0 Å². The summed E-state index contributed by atoms with van der Waals surface area (Å²) >= 11 is 0. The van der Waals surface area contributed by atoms with Crippen LogP contribution in [0, 0.1) is 6.92 Å². The Morgan fingerprint density at radius 3 is 2.86 bits per heavy atom. The van der Waals surface area contributed by atoms with Gasteiger partial charge in [-0.15, -0.1) is 0 Å². The van der Waals surface area contributed by atoms with E-state index in [2.05, 4.69) is 0 Å². The van der Waals surface area contributed by atoms with Crippen molar-refractivity contribution in [2.45, 2.75) is 20.0 Å². The van der Waals surface area contributed by atoms with Gasteiger partial charge in [0.25, 0.3) is 0 Å². The molecule has 3 nitrogen and oxygen atoms in total. The van der Waals surface area contributed by atoms with Gasteiger partial charge in [0, 0.05) is 0 Å². The summed E-state index contributed by atoms with van der Waals surface area (Å²) in [5.74, 6) is 0.520. The van der Waals surface area contributed by atoms with Crippen molar-refractivity contribution in [1.82, 2.24) is 0 Å². The Balaban J connectivity index is 2.80. The molecular weight excluding hydrogens is 180 g/mol. The number of carbonyl (C=O) groups is 1. The zero-order valence-corrected chi connectivity index (χ0v) is 8.36. The molecule has 0 fully saturated rings. The lowest BCUT2D eigenvalue weighted by molar-refractivity contribution is 0.109. The second-order valence-electron chi connectivity index (χ2n) is 3.32. The van der Waals surface area contributed by atoms with Crippen LogP contribution in [0.15, 0.2) is 18.2 Å². The first-order chi connectivity index (χ1) is 6.63. The van der Waals surface area contributed by atoms with Gasteiger partial charge in [0.15, 0.2) is 6.29 Å². The van der Waals surface area contributed by atoms with Crippen LogP contribution in [0.2, 0.25) is 0 Å². The van der Waals surface area contributed by atoms with Gasteiger partial charge in [0.1, 0.15) is 12.4 Å². The van der Waals surface area contributed by atoms with E-state index in [1.165, 1.54) is 0 Å². The van der Waals surface area contributed by atoms with Crippen LogP contribution in [0.5, 0.6) is 5.75 Å². The molecule has 0 bridgehead atoms. The Kier molecular flexibility index (Phi) is 3.65. The minimum Gasteiger partial charge on any atom is -0.490 e. The fourth-order valence-electron chi connectivity index (χ4n) is 1.10. The first kappa shape index (κ1) is 10.7. The SMILES string of the molecule is Cc1ccc(OCC(C)O)c(C=O)c1. The van der Waals surface area contributed by atoms with Crippen LogP contribution in [0.1, 0.15) is 22.8 Å². The molecule has 76 valence electrons. The predicted octanol–water partition coefficient (Wildman–Crippen LogP) is 1.57. The van der Waals surface area contributed by atoms with E-state index in [1.807, 2.05) is 13.0 Å². The molecule has 0 heterocycles. The summed E-state index contributed by atoms with van der Waals surface area (Å²) in [6, 6.07) is 5.36. The maximum absolute atomic E-state index is 10.7. The Bertz CT molecular complexity index is 318. The Morgan fingerprint density at radius 2 is 2.29 bits per heavy atom. The highest BCUT2D eigenvalue weighted by Gasteiger charge is 2.04. The third-order valence-electron chi connectivity index (χ3n) is 1.77. The fraction of sp³-hybridized carbons (Fsp3) is 0.364. The van der Waals surface area contributed by atoms with Crippen molar-refractivity contribution in [3.8, 4) is 5.75 Å². The van der Waals surface area contributed by atoms with Crippen molar-refractivity contribution < 1.29 is 14.6 Å². The highest BCUT2D eigenvalue weighted by Crippen LogP contribution is 2.18. The number of aldehydes is 1. The van der Waals surface area contributed by atoms with Crippen molar-refractivity contribution in [2.75, 3.05) is 6.61 Å². The van der Waals surface area contributed by atoms with Crippen LogP contribution >= 0.6 is 0 Å². The van der Waals surface area contributed by atoms with Gasteiger partial charge in [-0.25, -0.2) is 0 Å². The van der Waals surface area contributed by atoms with Crippen molar-refractivity contribution in [2.24, 2.45) is 0 Å². The summed E-state index contributed by atoms with van der Waals surface area (Å²) in [7, 11) is 0. The maximum Gasteiger partial charge on any atom is 0.153 e. The molecule has 1 rings (SSSR count). The second kappa shape index (κ2) is 4.77. The Hall–Kier alpha value is -1.35. The molecule has 1 aromatic rings. The van der Waals surface area contributed by atoms with Crippen molar-refractivity contribution in [1.29, 1.82) is 0 Å². The summed E-state index contributed by atoms with van der Waals surface area (Å²) in [5.41, 5.74) is 1.53. The number of aryl methyl sites for hydroxylation is 1. The highest BCUT2D eigenvalue weighted by molar-refractivity contribution is 5.79. The maximum atomic E-state index is 10.7. The van der Waals surface area contributed by atoms with Gasteiger partial charge in [-0.3, -0.25) is 4.79 Å². The molecule has 14 heavy (non-hydrogen) atoms. The molecule has 0 aliphatic carbocycles. The van der Waals surface area contributed by atoms with E-state index in [1.54, 1.807) is 19.1 Å². The van der Waals surface area contributed by atoms with Crippen LogP contribution in [-0.4, -0.2) is 24.1 Å². The predicted molar refractivity (Wildman–Crippen MR) is 53.7 cm³/mol. The average molecular weight is 194 g/mol. The zero-order chi connectivity index (χ0) is 10.6. The molecule has 1 aromatic carbocycles. The monoisotopic (exact) mass is 194 g/mol. The Labute approximate surface area is 83.3 Å². The summed E-state index contributed by atoms with van der Waals surface area (Å²) in [6.45, 7) is 3.74. The number of benzene rings is 1. The number of rotatable bonds is 4. The molecule has 3 heteroatoms. The van der Waals surface area contributed by atoms with Gasteiger partial charge in [-0.05, 0) is 26.0 Å². The van der Waals surface area contributed by atoms with Crippen LogP contribution in [-0.2, 0) is 0 Å². The second-order valence-corrected chi connectivity index (χ2v) is 3.32. The van der Waals surface area contributed by atoms with Crippen molar-refractivity contribution >= 4 is 6.29 Å². The van der Waals surface area contributed by atoms with E-state index in [0.717, 1.165) is 11.8 Å². The third-order valence-corrected chi connectivity index (χ3v) is 1.77. The third kappa shape index (κ3) is 2.85. The molecule has 0 aliphatic rings. The van der Waals surface area contributed by atoms with Gasteiger partial charge >= 0.3 is 0 Å². The molecule has 0 aliphatic heterocycles. The zero-order valence-electron chi connectivity index (χ0n) is 8.36. The van der Waals surface area contributed by atoms with Crippen molar-refractivity contribution in [3.63, 3.8) is 0 Å². The van der Waals surface area contributed by atoms with E-state index in [9.17, 15) is 4.79 Å². The number of hydrogen-bond acceptors (Lipinski definition) is 3. The fourth-order valence-corrected chi connectivity index (χ4v) is 1.10. The minimum atomic E-state index is -0.532. The largest absolute Gasteiger partial charge is 0.490 e. The quantitative estimate of drug-likeness (QED) is 0.740. The molecule has 1 unspecified atom stereocenters. The summed E-state index contributed by atoms with van der Waals surface area (Å²) < 4.78 is 5.26.